The Morgan fingerprint density at radius 2 is 2.06 bits per heavy atom. The Balaban J connectivity index is 2.16. The average molecular weight is 248 g/mol. The van der Waals surface area contributed by atoms with Crippen LogP contribution in [0.2, 0.25) is 0 Å². The zero-order chi connectivity index (χ0) is 12.8. The van der Waals surface area contributed by atoms with E-state index >= 15 is 0 Å². The third-order valence-electron chi connectivity index (χ3n) is 3.00. The fourth-order valence-electron chi connectivity index (χ4n) is 2.19. The first-order chi connectivity index (χ1) is 8.86. The lowest BCUT2D eigenvalue weighted by molar-refractivity contribution is 0.0875. The molecule has 0 spiro atoms. The third kappa shape index (κ3) is 2.90. The van der Waals surface area contributed by atoms with Gasteiger partial charge in [-0.1, -0.05) is 18.2 Å². The Bertz CT molecular complexity index is 493. The van der Waals surface area contributed by atoms with Gasteiger partial charge in [-0.3, -0.25) is 0 Å². The number of benzene rings is 1. The number of para-hydroxylation sites is 1. The molecule has 3 N–H and O–H groups in total. The molecule has 0 aliphatic rings. The predicted molar refractivity (Wildman–Crippen MR) is 72.6 cm³/mol. The van der Waals surface area contributed by atoms with Gasteiger partial charge >= 0.3 is 0 Å². The summed E-state index contributed by atoms with van der Waals surface area (Å²) in [6, 6.07) is 8.33. The Kier molecular flexibility index (Phi) is 4.75. The highest BCUT2D eigenvalue weighted by Gasteiger charge is 2.06. The SMILES string of the molecule is NCCc1cn(CCOCCO)c2ccccc12. The van der Waals surface area contributed by atoms with Gasteiger partial charge in [-0.2, -0.15) is 0 Å². The van der Waals surface area contributed by atoms with Gasteiger partial charge in [0.25, 0.3) is 0 Å². The number of rotatable bonds is 7. The van der Waals surface area contributed by atoms with Crippen molar-refractivity contribution < 1.29 is 9.84 Å². The highest BCUT2D eigenvalue weighted by atomic mass is 16.5. The molecule has 0 amide bonds. The van der Waals surface area contributed by atoms with Crippen LogP contribution in [-0.2, 0) is 17.7 Å². The summed E-state index contributed by atoms with van der Waals surface area (Å²) in [5.74, 6) is 0. The number of aliphatic hydroxyl groups excluding tert-OH is 1. The van der Waals surface area contributed by atoms with Crippen molar-refractivity contribution in [2.75, 3.05) is 26.4 Å². The standard InChI is InChI=1S/C14H20N2O2/c15-6-5-12-11-16(7-9-18-10-8-17)14-4-2-1-3-13(12)14/h1-4,11,17H,5-10,15H2. The van der Waals surface area contributed by atoms with Crippen molar-refractivity contribution in [1.29, 1.82) is 0 Å². The molecule has 0 aliphatic heterocycles. The maximum absolute atomic E-state index is 8.66. The maximum atomic E-state index is 8.66. The van der Waals surface area contributed by atoms with Crippen LogP contribution in [0, 0.1) is 0 Å². The normalized spacial score (nSPS) is 11.2. The molecular weight excluding hydrogens is 228 g/mol. The lowest BCUT2D eigenvalue weighted by atomic mass is 10.1. The molecule has 2 rings (SSSR count). The van der Waals surface area contributed by atoms with Crippen molar-refractivity contribution in [3.05, 3.63) is 36.0 Å². The summed E-state index contributed by atoms with van der Waals surface area (Å²) < 4.78 is 7.50. The fraction of sp³-hybridized carbons (Fsp3) is 0.429. The topological polar surface area (TPSA) is 60.4 Å². The van der Waals surface area contributed by atoms with Crippen LogP contribution < -0.4 is 5.73 Å². The van der Waals surface area contributed by atoms with Crippen LogP contribution >= 0.6 is 0 Å². The van der Waals surface area contributed by atoms with E-state index in [1.165, 1.54) is 16.5 Å². The van der Waals surface area contributed by atoms with Crippen LogP contribution in [0.4, 0.5) is 0 Å². The monoisotopic (exact) mass is 248 g/mol. The number of aromatic nitrogens is 1. The van der Waals surface area contributed by atoms with Gasteiger partial charge in [0.05, 0.1) is 19.8 Å². The van der Waals surface area contributed by atoms with E-state index in [4.69, 9.17) is 15.6 Å². The molecule has 0 saturated carbocycles. The van der Waals surface area contributed by atoms with Gasteiger partial charge < -0.3 is 20.1 Å². The molecule has 2 aromatic rings. The highest BCUT2D eigenvalue weighted by molar-refractivity contribution is 5.84. The molecule has 4 nitrogen and oxygen atoms in total. The number of nitrogens with zero attached hydrogens (tertiary/aromatic N) is 1. The molecule has 0 radical (unpaired) electrons. The molecule has 98 valence electrons. The van der Waals surface area contributed by atoms with E-state index in [0.29, 0.717) is 19.8 Å². The first kappa shape index (κ1) is 13.1. The minimum atomic E-state index is 0.0743. The van der Waals surface area contributed by atoms with Crippen LogP contribution in [0.5, 0.6) is 0 Å². The van der Waals surface area contributed by atoms with Gasteiger partial charge in [0.15, 0.2) is 0 Å². The van der Waals surface area contributed by atoms with Crippen molar-refractivity contribution in [2.45, 2.75) is 13.0 Å². The number of hydrogen-bond acceptors (Lipinski definition) is 3. The third-order valence-corrected chi connectivity index (χ3v) is 3.00. The lowest BCUT2D eigenvalue weighted by Crippen LogP contribution is -2.07. The Morgan fingerprint density at radius 1 is 1.22 bits per heavy atom. The highest BCUT2D eigenvalue weighted by Crippen LogP contribution is 2.21. The van der Waals surface area contributed by atoms with E-state index in [2.05, 4.69) is 29.0 Å². The number of nitrogens with two attached hydrogens (primary N) is 1. The van der Waals surface area contributed by atoms with Crippen molar-refractivity contribution in [3.8, 4) is 0 Å². The smallest absolute Gasteiger partial charge is 0.0698 e. The summed E-state index contributed by atoms with van der Waals surface area (Å²) in [5, 5.41) is 9.93. The first-order valence-corrected chi connectivity index (χ1v) is 6.32. The minimum absolute atomic E-state index is 0.0743. The van der Waals surface area contributed by atoms with Gasteiger partial charge in [0, 0.05) is 23.6 Å². The molecule has 18 heavy (non-hydrogen) atoms. The Morgan fingerprint density at radius 3 is 2.83 bits per heavy atom. The Hall–Kier alpha value is -1.36. The van der Waals surface area contributed by atoms with Gasteiger partial charge in [-0.15, -0.1) is 0 Å². The average Bonchev–Trinajstić information content (AvgIpc) is 2.74. The number of ether oxygens (including phenoxy) is 1. The van der Waals surface area contributed by atoms with Crippen LogP contribution in [-0.4, -0.2) is 36.0 Å². The van der Waals surface area contributed by atoms with E-state index < -0.39 is 0 Å². The number of aliphatic hydroxyl groups is 1. The second-order valence-electron chi connectivity index (χ2n) is 4.24. The summed E-state index contributed by atoms with van der Waals surface area (Å²) in [5.41, 5.74) is 8.14. The number of fused-ring (bicyclic) bond motifs is 1. The van der Waals surface area contributed by atoms with E-state index in [9.17, 15) is 0 Å². The molecule has 1 aromatic carbocycles. The molecule has 0 saturated heterocycles. The molecule has 0 unspecified atom stereocenters. The molecule has 4 heteroatoms. The molecule has 0 fully saturated rings. The van der Waals surface area contributed by atoms with E-state index in [-0.39, 0.29) is 6.61 Å². The Labute approximate surface area is 107 Å². The minimum Gasteiger partial charge on any atom is -0.394 e. The molecular formula is C14H20N2O2. The molecule has 1 aromatic heterocycles. The summed E-state index contributed by atoms with van der Waals surface area (Å²) in [4.78, 5) is 0. The predicted octanol–water partition coefficient (Wildman–Crippen LogP) is 1.15. The maximum Gasteiger partial charge on any atom is 0.0698 e. The van der Waals surface area contributed by atoms with Crippen molar-refractivity contribution >= 4 is 10.9 Å². The van der Waals surface area contributed by atoms with Gasteiger partial charge in [-0.25, -0.2) is 0 Å². The molecule has 0 bridgehead atoms. The van der Waals surface area contributed by atoms with Crippen molar-refractivity contribution in [2.24, 2.45) is 5.73 Å². The zero-order valence-corrected chi connectivity index (χ0v) is 10.5. The summed E-state index contributed by atoms with van der Waals surface area (Å²) in [7, 11) is 0. The molecule has 1 heterocycles. The van der Waals surface area contributed by atoms with Gasteiger partial charge in [0.2, 0.25) is 0 Å². The second-order valence-corrected chi connectivity index (χ2v) is 4.24. The zero-order valence-electron chi connectivity index (χ0n) is 10.5. The van der Waals surface area contributed by atoms with E-state index in [0.717, 1.165) is 13.0 Å². The van der Waals surface area contributed by atoms with Crippen LogP contribution in [0.3, 0.4) is 0 Å². The van der Waals surface area contributed by atoms with Crippen LogP contribution in [0.25, 0.3) is 10.9 Å². The summed E-state index contributed by atoms with van der Waals surface area (Å²) in [6.07, 6.45) is 3.05. The largest absolute Gasteiger partial charge is 0.394 e. The lowest BCUT2D eigenvalue weighted by Gasteiger charge is -2.05. The van der Waals surface area contributed by atoms with Crippen LogP contribution in [0.15, 0.2) is 30.5 Å². The quantitative estimate of drug-likeness (QED) is 0.723. The summed E-state index contributed by atoms with van der Waals surface area (Å²) in [6.45, 7) is 2.54. The summed E-state index contributed by atoms with van der Waals surface area (Å²) >= 11 is 0. The van der Waals surface area contributed by atoms with E-state index in [1.54, 1.807) is 0 Å². The van der Waals surface area contributed by atoms with Crippen LogP contribution in [0.1, 0.15) is 5.56 Å². The van der Waals surface area contributed by atoms with Gasteiger partial charge in [0.1, 0.15) is 0 Å². The molecule has 0 aliphatic carbocycles. The van der Waals surface area contributed by atoms with Crippen molar-refractivity contribution in [1.82, 2.24) is 4.57 Å². The van der Waals surface area contributed by atoms with Crippen molar-refractivity contribution in [3.63, 3.8) is 0 Å². The molecule has 0 atom stereocenters. The fourth-order valence-corrected chi connectivity index (χ4v) is 2.19. The second kappa shape index (κ2) is 6.54. The number of hydrogen-bond donors (Lipinski definition) is 2. The van der Waals surface area contributed by atoms with E-state index in [1.807, 2.05) is 6.07 Å². The first-order valence-electron chi connectivity index (χ1n) is 6.32. The van der Waals surface area contributed by atoms with Gasteiger partial charge in [-0.05, 0) is 24.6 Å².